The molecule has 0 bridgehead atoms. The van der Waals surface area contributed by atoms with E-state index in [2.05, 4.69) is 41.5 Å². The summed E-state index contributed by atoms with van der Waals surface area (Å²) >= 11 is 0.575. The molecule has 31 heavy (non-hydrogen) atoms. The van der Waals surface area contributed by atoms with E-state index in [9.17, 15) is 8.99 Å². The smallest absolute Gasteiger partial charge is 0.0735 e. The van der Waals surface area contributed by atoms with Crippen molar-refractivity contribution in [3.63, 3.8) is 0 Å². The lowest BCUT2D eigenvalue weighted by Gasteiger charge is -2.64. The molecule has 9 unspecified atom stereocenters. The van der Waals surface area contributed by atoms with Gasteiger partial charge in [-0.15, -0.1) is 0 Å². The van der Waals surface area contributed by atoms with E-state index in [0.29, 0.717) is 35.3 Å². The van der Waals surface area contributed by atoms with Gasteiger partial charge in [0.15, 0.2) is 0 Å². The van der Waals surface area contributed by atoms with Crippen LogP contribution in [0.1, 0.15) is 99.3 Å². The minimum Gasteiger partial charge on any atom is -0.393 e. The molecule has 180 valence electrons. The number of hydrogen-bond donors (Lipinski definition) is 1. The minimum absolute atomic E-state index is 0.147. The number of aliphatic hydroxyl groups is 1. The van der Waals surface area contributed by atoms with E-state index in [-0.39, 0.29) is 22.4 Å². The highest BCUT2D eigenvalue weighted by atomic mass is 32.2. The summed E-state index contributed by atoms with van der Waals surface area (Å²) < 4.78 is 20.1. The molecule has 1 aliphatic heterocycles. The van der Waals surface area contributed by atoms with Gasteiger partial charge in [0.1, 0.15) is 0 Å². The lowest BCUT2D eigenvalue weighted by Crippen LogP contribution is -2.64. The first kappa shape index (κ1) is 24.3. The van der Waals surface area contributed by atoms with Crippen LogP contribution in [0.15, 0.2) is 0 Å². The zero-order valence-corrected chi connectivity index (χ0v) is 21.6. The Morgan fingerprint density at radius 2 is 1.74 bits per heavy atom. The molecule has 0 aromatic rings. The largest absolute Gasteiger partial charge is 0.393 e. The quantitative estimate of drug-likeness (QED) is 0.452. The fourth-order valence-electron chi connectivity index (χ4n) is 8.99. The highest BCUT2D eigenvalue weighted by Gasteiger charge is 2.64. The molecule has 0 amide bonds. The van der Waals surface area contributed by atoms with E-state index in [1.54, 1.807) is 0 Å². The van der Waals surface area contributed by atoms with Crippen molar-refractivity contribution in [1.29, 1.82) is 0 Å². The van der Waals surface area contributed by atoms with Gasteiger partial charge in [0.25, 0.3) is 0 Å². The zero-order chi connectivity index (χ0) is 22.6. The topological polar surface area (TPSA) is 29.5 Å². The molecular weight excluding hydrogens is 407 g/mol. The number of hydrogen-bond acceptors (Lipinski definition) is 3. The van der Waals surface area contributed by atoms with Crippen molar-refractivity contribution in [3.8, 4) is 0 Å². The normalized spacial score (nSPS) is 49.3. The maximum absolute atomic E-state index is 13.4. The van der Waals surface area contributed by atoms with E-state index >= 15 is 0 Å². The number of aliphatic hydroxyl groups excluding tert-OH is 1. The third kappa shape index (κ3) is 3.93. The summed E-state index contributed by atoms with van der Waals surface area (Å²) in [7, 11) is 0. The Kier molecular flexibility index (Phi) is 6.88. The monoisotopic (exact) mass is 454 g/mol. The van der Waals surface area contributed by atoms with Crippen LogP contribution in [0.5, 0.6) is 0 Å². The SMILES string of the molecule is CC(C)C(CCC(C)C1CCC2C3CO[C@@]4(C)CC(O)CCC4(C)C3CCC12C)SF. The molecule has 2 nitrogen and oxygen atoms in total. The molecule has 0 radical (unpaired) electrons. The molecule has 0 aromatic carbocycles. The van der Waals surface area contributed by atoms with E-state index in [0.717, 1.165) is 56.5 Å². The molecule has 1 saturated heterocycles. The Hall–Kier alpha value is 0.200. The first-order chi connectivity index (χ1) is 14.6. The fourth-order valence-corrected chi connectivity index (χ4v) is 9.42. The van der Waals surface area contributed by atoms with E-state index in [1.807, 2.05) is 0 Å². The summed E-state index contributed by atoms with van der Waals surface area (Å²) in [6.07, 6.45) is 10.2. The Morgan fingerprint density at radius 1 is 1.00 bits per heavy atom. The van der Waals surface area contributed by atoms with Crippen molar-refractivity contribution in [1.82, 2.24) is 0 Å². The van der Waals surface area contributed by atoms with Crippen molar-refractivity contribution >= 4 is 12.1 Å². The second kappa shape index (κ2) is 8.77. The molecule has 4 rings (SSSR count). The molecule has 0 aromatic heterocycles. The second-order valence-corrected chi connectivity index (χ2v) is 13.7. The van der Waals surface area contributed by atoms with Crippen LogP contribution in [0.3, 0.4) is 0 Å². The Labute approximate surface area is 195 Å². The number of fused-ring (bicyclic) bond motifs is 5. The lowest BCUT2D eigenvalue weighted by atomic mass is 9.46. The number of rotatable bonds is 6. The van der Waals surface area contributed by atoms with Gasteiger partial charge < -0.3 is 9.84 Å². The highest BCUT2D eigenvalue weighted by molar-refractivity contribution is 7.94. The fraction of sp³-hybridized carbons (Fsp3) is 1.00. The molecular formula is C27H47FO2S. The molecule has 4 aliphatic rings. The standard InChI is InChI=1S/C27H47FO2S/c1-17(2)24(31-28)10-7-18(3)21-8-9-22-20-16-30-27(6)15-19(29)11-14-26(27,5)23(20)12-13-25(21,22)4/h17-24,29H,7-16H2,1-6H3/t18?,19?,20?,21?,22?,23?,24?,25?,26?,27-/m0/s1. The van der Waals surface area contributed by atoms with Gasteiger partial charge in [-0.3, -0.25) is 0 Å². The van der Waals surface area contributed by atoms with Crippen LogP contribution in [0.2, 0.25) is 0 Å². The minimum atomic E-state index is -0.197. The summed E-state index contributed by atoms with van der Waals surface area (Å²) in [4.78, 5) is 0. The van der Waals surface area contributed by atoms with Crippen molar-refractivity contribution < 1.29 is 13.7 Å². The summed E-state index contributed by atoms with van der Waals surface area (Å²) in [5.74, 6) is 4.03. The van der Waals surface area contributed by atoms with E-state index < -0.39 is 0 Å². The van der Waals surface area contributed by atoms with Gasteiger partial charge in [-0.25, -0.2) is 0 Å². The van der Waals surface area contributed by atoms with E-state index in [1.165, 1.54) is 25.7 Å². The molecule has 1 N–H and O–H groups in total. The molecule has 4 fully saturated rings. The van der Waals surface area contributed by atoms with Gasteiger partial charge >= 0.3 is 0 Å². The summed E-state index contributed by atoms with van der Waals surface area (Å²) in [6, 6.07) is 0. The average molecular weight is 455 g/mol. The van der Waals surface area contributed by atoms with Crippen LogP contribution in [0, 0.1) is 46.3 Å². The van der Waals surface area contributed by atoms with Crippen LogP contribution >= 0.6 is 12.1 Å². The average Bonchev–Trinajstić information content (AvgIpc) is 3.06. The van der Waals surface area contributed by atoms with Crippen LogP contribution in [-0.4, -0.2) is 28.7 Å². The predicted octanol–water partition coefficient (Wildman–Crippen LogP) is 7.44. The van der Waals surface area contributed by atoms with Crippen molar-refractivity contribution in [2.24, 2.45) is 46.3 Å². The lowest BCUT2D eigenvalue weighted by molar-refractivity contribution is -0.261. The van der Waals surface area contributed by atoms with Gasteiger partial charge in [0.2, 0.25) is 0 Å². The van der Waals surface area contributed by atoms with Crippen LogP contribution in [-0.2, 0) is 4.74 Å². The third-order valence-electron chi connectivity index (χ3n) is 11.2. The van der Waals surface area contributed by atoms with Crippen molar-refractivity contribution in [3.05, 3.63) is 0 Å². The maximum Gasteiger partial charge on any atom is 0.0735 e. The number of halogens is 1. The zero-order valence-electron chi connectivity index (χ0n) is 20.8. The van der Waals surface area contributed by atoms with Gasteiger partial charge in [0, 0.05) is 23.8 Å². The maximum atomic E-state index is 13.4. The first-order valence-corrected chi connectivity index (χ1v) is 13.9. The molecule has 3 aliphatic carbocycles. The van der Waals surface area contributed by atoms with Gasteiger partial charge in [0.05, 0.1) is 18.3 Å². The second-order valence-electron chi connectivity index (χ2n) is 12.9. The third-order valence-corrected chi connectivity index (χ3v) is 12.2. The van der Waals surface area contributed by atoms with E-state index in [4.69, 9.17) is 4.74 Å². The Morgan fingerprint density at radius 3 is 2.42 bits per heavy atom. The Balaban J connectivity index is 1.48. The van der Waals surface area contributed by atoms with Crippen molar-refractivity contribution in [2.45, 2.75) is 116 Å². The number of ether oxygens (including phenoxy) is 1. The van der Waals surface area contributed by atoms with Crippen LogP contribution in [0.25, 0.3) is 0 Å². The Bertz CT molecular complexity index is 643. The van der Waals surface area contributed by atoms with Crippen molar-refractivity contribution in [2.75, 3.05) is 6.61 Å². The predicted molar refractivity (Wildman–Crippen MR) is 129 cm³/mol. The molecule has 0 spiro atoms. The summed E-state index contributed by atoms with van der Waals surface area (Å²) in [5.41, 5.74) is 0.447. The van der Waals surface area contributed by atoms with Crippen LogP contribution in [0.4, 0.5) is 3.89 Å². The van der Waals surface area contributed by atoms with Gasteiger partial charge in [-0.1, -0.05) is 34.6 Å². The summed E-state index contributed by atoms with van der Waals surface area (Å²) in [5, 5.41) is 10.5. The molecule has 4 heteroatoms. The molecule has 10 atom stereocenters. The molecule has 1 heterocycles. The van der Waals surface area contributed by atoms with Gasteiger partial charge in [-0.05, 0) is 105 Å². The molecule has 3 saturated carbocycles. The van der Waals surface area contributed by atoms with Gasteiger partial charge in [-0.2, -0.15) is 3.89 Å². The van der Waals surface area contributed by atoms with Crippen LogP contribution < -0.4 is 0 Å². The first-order valence-electron chi connectivity index (χ1n) is 13.1. The highest BCUT2D eigenvalue weighted by Crippen LogP contribution is 2.68. The summed E-state index contributed by atoms with van der Waals surface area (Å²) in [6.45, 7) is 15.0.